The van der Waals surface area contributed by atoms with Gasteiger partial charge in [0.15, 0.2) is 0 Å². The third kappa shape index (κ3) is 13.6. The Labute approximate surface area is 417 Å². The molecule has 0 aromatic heterocycles. The van der Waals surface area contributed by atoms with Crippen LogP contribution < -0.4 is 0 Å². The summed E-state index contributed by atoms with van der Waals surface area (Å²) in [6.07, 6.45) is 2.09. The molecule has 0 spiro atoms. The molecule has 2 saturated heterocycles. The van der Waals surface area contributed by atoms with Gasteiger partial charge in [0.25, 0.3) is 0 Å². The molecule has 0 aliphatic carbocycles. The number of nitrogens with zero attached hydrogens (tertiary/aromatic N) is 2. The van der Waals surface area contributed by atoms with E-state index >= 15 is 0 Å². The van der Waals surface area contributed by atoms with Gasteiger partial charge >= 0.3 is 23.9 Å². The fourth-order valence-electron chi connectivity index (χ4n) is 9.60. The zero-order valence-electron chi connectivity index (χ0n) is 38.5. The summed E-state index contributed by atoms with van der Waals surface area (Å²) in [4.78, 5) is 80.1. The van der Waals surface area contributed by atoms with Crippen LogP contribution in [0.25, 0.3) is 0 Å². The van der Waals surface area contributed by atoms with E-state index in [2.05, 4.69) is 0 Å². The second-order valence-corrected chi connectivity index (χ2v) is 18.7. The van der Waals surface area contributed by atoms with Crippen molar-refractivity contribution in [2.24, 2.45) is 11.8 Å². The van der Waals surface area contributed by atoms with E-state index in [1.54, 1.807) is 60.0 Å². The van der Waals surface area contributed by atoms with Crippen molar-refractivity contribution in [3.63, 3.8) is 0 Å². The van der Waals surface area contributed by atoms with Crippen molar-refractivity contribution in [1.29, 1.82) is 0 Å². The number of hydrogen-bond acceptors (Lipinski definition) is 8. The number of esters is 2. The lowest BCUT2D eigenvalue weighted by Crippen LogP contribution is -2.54. The van der Waals surface area contributed by atoms with Crippen LogP contribution in [-0.4, -0.2) is 81.0 Å². The molecule has 2 fully saturated rings. The van der Waals surface area contributed by atoms with E-state index < -0.39 is 59.9 Å². The van der Waals surface area contributed by atoms with E-state index in [0.29, 0.717) is 58.6 Å². The smallest absolute Gasteiger partial charge is 0.328 e. The number of carboxylic acid groups (broad SMARTS) is 2. The van der Waals surface area contributed by atoms with E-state index in [1.807, 2.05) is 74.5 Å². The number of likely N-dealkylation sites (tertiary alicyclic amines) is 2. The minimum Gasteiger partial charge on any atom is -0.481 e. The molecule has 2 aliphatic rings. The summed E-state index contributed by atoms with van der Waals surface area (Å²) in [5.41, 5.74) is 3.36. The van der Waals surface area contributed by atoms with Crippen LogP contribution in [-0.2, 0) is 38.2 Å². The Morgan fingerprint density at radius 1 is 0.544 bits per heavy atom. The summed E-state index contributed by atoms with van der Waals surface area (Å²) in [5, 5.41) is 21.2. The van der Waals surface area contributed by atoms with Gasteiger partial charge in [0.05, 0.1) is 38.1 Å². The van der Waals surface area contributed by atoms with Crippen molar-refractivity contribution in [2.45, 2.75) is 115 Å². The largest absolute Gasteiger partial charge is 0.481 e. The number of hydrogen-bond donors (Lipinski definition) is 2. The molecule has 68 heavy (non-hydrogen) atoms. The lowest BCUT2D eigenvalue weighted by atomic mass is 9.74. The van der Waals surface area contributed by atoms with E-state index in [9.17, 15) is 39.0 Å². The molecule has 364 valence electrons. The number of carbonyl (C=O) groups is 6. The number of rotatable bonds is 18. The van der Waals surface area contributed by atoms with Gasteiger partial charge in [-0.25, -0.2) is 9.59 Å². The standard InChI is InChI=1S/2C26H29Cl2NO5/c2*1-3-6-22(26(33)34-4-2)29-24(16-9-11-19(27)12-10-16)21(17-7-5-8-20(28)13-17)14-18(25(29)32)15-23(30)31/h2*5,7-13,18,21-22,24H,3-4,6,14-15H2,1-2H3,(H,30,31)/t2*18-,21-,22+,24-/m10/s1. The van der Waals surface area contributed by atoms with Crippen LogP contribution in [0.4, 0.5) is 0 Å². The molecular formula is C52H58Cl4N2O10. The van der Waals surface area contributed by atoms with Gasteiger partial charge in [-0.15, -0.1) is 0 Å². The summed E-state index contributed by atoms with van der Waals surface area (Å²) < 4.78 is 10.7. The monoisotopic (exact) mass is 1010 g/mol. The highest BCUT2D eigenvalue weighted by Gasteiger charge is 2.50. The number of carbonyl (C=O) groups excluding carboxylic acids is 4. The Hall–Kier alpha value is -5.14. The summed E-state index contributed by atoms with van der Waals surface area (Å²) >= 11 is 24.9. The number of amides is 2. The van der Waals surface area contributed by atoms with Crippen molar-refractivity contribution >= 4 is 82.1 Å². The number of piperidine rings is 2. The molecule has 0 radical (unpaired) electrons. The first kappa shape index (κ1) is 53.8. The van der Waals surface area contributed by atoms with Gasteiger partial charge in [0.2, 0.25) is 11.8 Å². The Bertz CT molecular complexity index is 2220. The van der Waals surface area contributed by atoms with Crippen LogP contribution in [0.3, 0.4) is 0 Å². The third-order valence-corrected chi connectivity index (χ3v) is 13.4. The van der Waals surface area contributed by atoms with E-state index in [-0.39, 0.29) is 49.7 Å². The average Bonchev–Trinajstić information content (AvgIpc) is 3.29. The predicted molar refractivity (Wildman–Crippen MR) is 262 cm³/mol. The van der Waals surface area contributed by atoms with Crippen LogP contribution >= 0.6 is 46.4 Å². The summed E-state index contributed by atoms with van der Waals surface area (Å²) in [6.45, 7) is 7.67. The van der Waals surface area contributed by atoms with Gasteiger partial charge in [-0.2, -0.15) is 0 Å². The second kappa shape index (κ2) is 25.5. The first-order valence-electron chi connectivity index (χ1n) is 23.0. The molecule has 2 aliphatic heterocycles. The fourth-order valence-corrected chi connectivity index (χ4v) is 10.2. The Morgan fingerprint density at radius 3 is 1.19 bits per heavy atom. The van der Waals surface area contributed by atoms with Crippen LogP contribution in [0.1, 0.15) is 125 Å². The van der Waals surface area contributed by atoms with E-state index in [0.717, 1.165) is 22.3 Å². The minimum absolute atomic E-state index is 0.183. The second-order valence-electron chi connectivity index (χ2n) is 17.0. The van der Waals surface area contributed by atoms with Crippen molar-refractivity contribution in [3.8, 4) is 0 Å². The van der Waals surface area contributed by atoms with Gasteiger partial charge < -0.3 is 29.5 Å². The Balaban J connectivity index is 0.000000254. The van der Waals surface area contributed by atoms with Gasteiger partial charge in [0.1, 0.15) is 12.1 Å². The van der Waals surface area contributed by atoms with Crippen LogP contribution in [0.15, 0.2) is 97.1 Å². The van der Waals surface area contributed by atoms with Crippen molar-refractivity contribution < 1.29 is 48.5 Å². The molecule has 2 N–H and O–H groups in total. The Kier molecular flexibility index (Phi) is 20.1. The maximum absolute atomic E-state index is 13.8. The lowest BCUT2D eigenvalue weighted by Gasteiger charge is -2.47. The molecule has 0 bridgehead atoms. The number of halogens is 4. The van der Waals surface area contributed by atoms with Crippen LogP contribution in [0.2, 0.25) is 20.1 Å². The zero-order chi connectivity index (χ0) is 49.7. The highest BCUT2D eigenvalue weighted by Crippen LogP contribution is 2.49. The van der Waals surface area contributed by atoms with Crippen molar-refractivity contribution in [3.05, 3.63) is 139 Å². The number of aliphatic carboxylic acids is 2. The van der Waals surface area contributed by atoms with Gasteiger partial charge in [-0.3, -0.25) is 19.2 Å². The van der Waals surface area contributed by atoms with Crippen molar-refractivity contribution in [1.82, 2.24) is 9.80 Å². The molecule has 16 heteroatoms. The molecule has 4 aromatic rings. The molecule has 2 amide bonds. The first-order valence-corrected chi connectivity index (χ1v) is 24.5. The molecule has 0 unspecified atom stereocenters. The first-order chi connectivity index (χ1) is 32.5. The van der Waals surface area contributed by atoms with Gasteiger partial charge in [-0.1, -0.05) is 122 Å². The summed E-state index contributed by atoms with van der Waals surface area (Å²) in [7, 11) is 0. The molecule has 2 heterocycles. The molecule has 0 saturated carbocycles. The highest BCUT2D eigenvalue weighted by atomic mass is 35.5. The quantitative estimate of drug-likeness (QED) is 0.0915. The normalized spacial score (nSPS) is 21.2. The fraction of sp³-hybridized carbons (Fsp3) is 0.423. The molecule has 8 atom stereocenters. The topological polar surface area (TPSA) is 168 Å². The van der Waals surface area contributed by atoms with E-state index in [4.69, 9.17) is 55.9 Å². The molecule has 12 nitrogen and oxygen atoms in total. The summed E-state index contributed by atoms with van der Waals surface area (Å²) in [6, 6.07) is 26.4. The maximum atomic E-state index is 13.8. The van der Waals surface area contributed by atoms with Crippen molar-refractivity contribution in [2.75, 3.05) is 13.2 Å². The van der Waals surface area contributed by atoms with E-state index in [1.165, 1.54) is 0 Å². The predicted octanol–water partition coefficient (Wildman–Crippen LogP) is 11.7. The lowest BCUT2D eigenvalue weighted by molar-refractivity contribution is -0.164. The molecular weight excluding hydrogens is 954 g/mol. The molecule has 4 aromatic carbocycles. The maximum Gasteiger partial charge on any atom is 0.328 e. The number of carboxylic acids is 2. The third-order valence-electron chi connectivity index (χ3n) is 12.4. The SMILES string of the molecule is CCC[C@@H](C(=O)OCC)N1C(=O)[C@@H](CC(=O)O)C[C@H](c2cccc(Cl)c2)[C@H]1c1ccc(Cl)cc1.CCC[C@H](C(=O)OCC)N1C(=O)[C@H](CC(=O)O)C[C@@H](c2cccc(Cl)c2)[C@@H]1c1ccc(Cl)cc1. The minimum atomic E-state index is -1.06. The van der Waals surface area contributed by atoms with Crippen LogP contribution in [0.5, 0.6) is 0 Å². The van der Waals surface area contributed by atoms with Crippen LogP contribution in [0, 0.1) is 11.8 Å². The average molecular weight is 1010 g/mol. The number of benzene rings is 4. The van der Waals surface area contributed by atoms with Gasteiger partial charge in [0, 0.05) is 43.8 Å². The summed E-state index contributed by atoms with van der Waals surface area (Å²) in [5.74, 6) is -5.93. The Morgan fingerprint density at radius 2 is 0.897 bits per heavy atom. The zero-order valence-corrected chi connectivity index (χ0v) is 41.5. The van der Waals surface area contributed by atoms with Gasteiger partial charge in [-0.05, 0) is 110 Å². The number of ether oxygens (including phenoxy) is 2. The highest BCUT2D eigenvalue weighted by molar-refractivity contribution is 6.31. The molecule has 6 rings (SSSR count).